The zero-order valence-corrected chi connectivity index (χ0v) is 10.5. The first-order valence-electron chi connectivity index (χ1n) is 6.48. The minimum absolute atomic E-state index is 0.134. The third-order valence-corrected chi connectivity index (χ3v) is 4.23. The third-order valence-electron chi connectivity index (χ3n) is 4.23. The molecule has 1 heterocycles. The summed E-state index contributed by atoms with van der Waals surface area (Å²) in [5, 5.41) is 4.45. The highest BCUT2D eigenvalue weighted by molar-refractivity contribution is 5.26. The predicted octanol–water partition coefficient (Wildman–Crippen LogP) is 0.790. The van der Waals surface area contributed by atoms with Gasteiger partial charge in [0.05, 0.1) is 0 Å². The van der Waals surface area contributed by atoms with Crippen LogP contribution in [0, 0.1) is 23.6 Å². The van der Waals surface area contributed by atoms with E-state index in [9.17, 15) is 9.18 Å². The molecule has 5 nitrogen and oxygen atoms in total. The maximum atomic E-state index is 13.5. The molecular formula is C12H18FN3O2. The highest BCUT2D eigenvalue weighted by atomic mass is 19.1. The number of nitrogens with zero attached hydrogens (tertiary/aromatic N) is 2. The summed E-state index contributed by atoms with van der Waals surface area (Å²) in [6.07, 6.45) is 1.80. The lowest BCUT2D eigenvalue weighted by Crippen LogP contribution is -2.30. The van der Waals surface area contributed by atoms with Crippen LogP contribution in [0.2, 0.25) is 0 Å². The summed E-state index contributed by atoms with van der Waals surface area (Å²) in [7, 11) is 0. The second-order valence-electron chi connectivity index (χ2n) is 5.11. The van der Waals surface area contributed by atoms with Gasteiger partial charge < -0.3 is 10.8 Å². The van der Waals surface area contributed by atoms with Gasteiger partial charge in [0.15, 0.2) is 11.6 Å². The van der Waals surface area contributed by atoms with Gasteiger partial charge in [-0.15, -0.1) is 0 Å². The Labute approximate surface area is 106 Å². The Kier molecular flexibility index (Phi) is 3.03. The molecule has 1 aromatic rings. The molecule has 6 heteroatoms. The molecule has 1 aliphatic carbocycles. The summed E-state index contributed by atoms with van der Waals surface area (Å²) in [5.74, 6) is -0.388. The van der Waals surface area contributed by atoms with E-state index in [-0.39, 0.29) is 23.7 Å². The zero-order chi connectivity index (χ0) is 14.2. The van der Waals surface area contributed by atoms with E-state index in [1.54, 1.807) is 0 Å². The maximum absolute atomic E-state index is 13.5. The van der Waals surface area contributed by atoms with Crippen molar-refractivity contribution in [2.45, 2.75) is 26.3 Å². The number of aliphatic hydroxyl groups is 1. The molecule has 0 aliphatic heterocycles. The van der Waals surface area contributed by atoms with Crippen molar-refractivity contribution in [1.82, 2.24) is 9.55 Å². The summed E-state index contributed by atoms with van der Waals surface area (Å²) < 4.78 is 21.6. The Balaban J connectivity index is 2.33. The van der Waals surface area contributed by atoms with Gasteiger partial charge in [0.1, 0.15) is 0 Å². The van der Waals surface area contributed by atoms with Crippen molar-refractivity contribution in [2.75, 3.05) is 12.3 Å². The average molecular weight is 256 g/mol. The van der Waals surface area contributed by atoms with Crippen molar-refractivity contribution in [3.63, 3.8) is 0 Å². The second kappa shape index (κ2) is 4.68. The SMILES string of the molecule is [2H]OC[C@H]1C[C@@H](n2cc(F)c(N)nc2=O)C(C)[C@H]1C. The molecule has 0 saturated heterocycles. The molecule has 0 aromatic carbocycles. The average Bonchev–Trinajstić information content (AvgIpc) is 2.63. The van der Waals surface area contributed by atoms with Crippen molar-refractivity contribution >= 4 is 5.82 Å². The third kappa shape index (κ3) is 2.01. The standard InChI is InChI=1S/C12H18FN3O2/c1-6-7(2)10(3-8(6)5-17)16-4-9(13)11(14)15-12(16)18/h4,6-8,10,17H,3,5H2,1-2H3,(H2,14,15,18)/t6-,7?,8-,10-/m1/s1/i17D. The number of hydrogen-bond acceptors (Lipinski definition) is 4. The van der Waals surface area contributed by atoms with Gasteiger partial charge in [0.2, 0.25) is 1.43 Å². The summed E-state index contributed by atoms with van der Waals surface area (Å²) in [4.78, 5) is 15.3. The van der Waals surface area contributed by atoms with Crippen LogP contribution in [0.15, 0.2) is 11.0 Å². The monoisotopic (exact) mass is 256 g/mol. The van der Waals surface area contributed by atoms with Crippen LogP contribution in [-0.4, -0.2) is 22.7 Å². The summed E-state index contributed by atoms with van der Waals surface area (Å²) in [5.41, 5.74) is 4.75. The van der Waals surface area contributed by atoms with E-state index in [4.69, 9.17) is 7.16 Å². The van der Waals surface area contributed by atoms with Crippen LogP contribution in [0.1, 0.15) is 26.3 Å². The molecule has 100 valence electrons. The first kappa shape index (κ1) is 11.6. The highest BCUT2D eigenvalue weighted by Gasteiger charge is 2.39. The van der Waals surface area contributed by atoms with Gasteiger partial charge in [-0.1, -0.05) is 13.8 Å². The fourth-order valence-electron chi connectivity index (χ4n) is 2.80. The van der Waals surface area contributed by atoms with Gasteiger partial charge in [-0.05, 0) is 24.2 Å². The van der Waals surface area contributed by atoms with Crippen molar-refractivity contribution in [3.05, 3.63) is 22.5 Å². The lowest BCUT2D eigenvalue weighted by molar-refractivity contribution is 0.191. The van der Waals surface area contributed by atoms with Gasteiger partial charge in [-0.3, -0.25) is 4.57 Å². The van der Waals surface area contributed by atoms with Crippen LogP contribution in [0.25, 0.3) is 0 Å². The number of rotatable bonds is 3. The van der Waals surface area contributed by atoms with E-state index in [0.29, 0.717) is 18.9 Å². The largest absolute Gasteiger partial charge is 0.396 e. The smallest absolute Gasteiger partial charge is 0.349 e. The predicted molar refractivity (Wildman–Crippen MR) is 65.4 cm³/mol. The lowest BCUT2D eigenvalue weighted by Gasteiger charge is -2.20. The van der Waals surface area contributed by atoms with E-state index in [1.807, 2.05) is 6.92 Å². The highest BCUT2D eigenvalue weighted by Crippen LogP contribution is 2.43. The van der Waals surface area contributed by atoms with Crippen molar-refractivity contribution in [1.29, 1.82) is 1.43 Å². The normalized spacial score (nSPS) is 32.5. The van der Waals surface area contributed by atoms with Crippen LogP contribution >= 0.6 is 0 Å². The molecule has 2 rings (SSSR count). The van der Waals surface area contributed by atoms with Crippen molar-refractivity contribution in [2.24, 2.45) is 17.8 Å². The molecule has 0 bridgehead atoms. The molecule has 1 saturated carbocycles. The molecule has 0 amide bonds. The van der Waals surface area contributed by atoms with Crippen molar-refractivity contribution in [3.8, 4) is 0 Å². The molecule has 3 N–H and O–H groups in total. The fourth-order valence-corrected chi connectivity index (χ4v) is 2.80. The van der Waals surface area contributed by atoms with E-state index in [0.717, 1.165) is 6.20 Å². The Morgan fingerprint density at radius 1 is 1.67 bits per heavy atom. The number of aromatic nitrogens is 2. The zero-order valence-electron chi connectivity index (χ0n) is 11.5. The quantitative estimate of drug-likeness (QED) is 0.837. The first-order valence-corrected chi connectivity index (χ1v) is 6.08. The lowest BCUT2D eigenvalue weighted by atomic mass is 9.92. The van der Waals surface area contributed by atoms with Gasteiger partial charge in [-0.2, -0.15) is 4.98 Å². The number of aliphatic hydroxyl groups excluding tert-OH is 1. The second-order valence-corrected chi connectivity index (χ2v) is 5.11. The number of nitrogen functional groups attached to an aromatic ring is 1. The minimum atomic E-state index is -0.681. The van der Waals surface area contributed by atoms with Gasteiger partial charge in [0, 0.05) is 18.8 Å². The van der Waals surface area contributed by atoms with Crippen LogP contribution < -0.4 is 11.4 Å². The number of nitrogens with two attached hydrogens (primary N) is 1. The first-order chi connectivity index (χ1) is 8.95. The van der Waals surface area contributed by atoms with E-state index in [2.05, 4.69) is 17.0 Å². The molecule has 1 aliphatic rings. The molecular weight excluding hydrogens is 237 g/mol. The van der Waals surface area contributed by atoms with Gasteiger partial charge in [0.25, 0.3) is 0 Å². The van der Waals surface area contributed by atoms with Crippen LogP contribution in [0.3, 0.4) is 0 Å². The summed E-state index contributed by atoms with van der Waals surface area (Å²) >= 11 is 0. The topological polar surface area (TPSA) is 81.1 Å². The van der Waals surface area contributed by atoms with E-state index in [1.165, 1.54) is 4.57 Å². The van der Waals surface area contributed by atoms with Gasteiger partial charge >= 0.3 is 5.69 Å². The molecule has 1 fully saturated rings. The van der Waals surface area contributed by atoms with Crippen LogP contribution in [-0.2, 0) is 0 Å². The Morgan fingerprint density at radius 3 is 3.06 bits per heavy atom. The summed E-state index contributed by atoms with van der Waals surface area (Å²) in [6.45, 7) is 4.39. The Bertz CT molecular complexity index is 522. The number of halogens is 1. The fraction of sp³-hybridized carbons (Fsp3) is 0.667. The number of hydrogen-bond donors (Lipinski definition) is 2. The van der Waals surface area contributed by atoms with Crippen molar-refractivity contribution < 1.29 is 9.50 Å². The number of anilines is 1. The summed E-state index contributed by atoms with van der Waals surface area (Å²) in [6, 6.07) is -0.134. The Morgan fingerprint density at radius 2 is 2.39 bits per heavy atom. The van der Waals surface area contributed by atoms with Gasteiger partial charge in [-0.25, -0.2) is 9.18 Å². The van der Waals surface area contributed by atoms with E-state index < -0.39 is 11.5 Å². The molecule has 1 unspecified atom stereocenters. The molecule has 18 heavy (non-hydrogen) atoms. The van der Waals surface area contributed by atoms with E-state index >= 15 is 0 Å². The van der Waals surface area contributed by atoms with Crippen LogP contribution in [0.4, 0.5) is 10.2 Å². The molecule has 0 spiro atoms. The molecule has 1 aromatic heterocycles. The minimum Gasteiger partial charge on any atom is -0.396 e. The molecule has 4 atom stereocenters. The Hall–Kier alpha value is -1.43. The molecule has 0 radical (unpaired) electrons. The maximum Gasteiger partial charge on any atom is 0.349 e. The van der Waals surface area contributed by atoms with Crippen LogP contribution in [0.5, 0.6) is 0 Å².